The Labute approximate surface area is 256 Å². The molecule has 0 amide bonds. The predicted molar refractivity (Wildman–Crippen MR) is 163 cm³/mol. The Bertz CT molecular complexity index is 1140. The number of hydrogen-bond acceptors (Lipinski definition) is 9. The van der Waals surface area contributed by atoms with Gasteiger partial charge in [0.15, 0.2) is 13.2 Å². The molecule has 40 heavy (non-hydrogen) atoms. The molecule has 0 spiro atoms. The summed E-state index contributed by atoms with van der Waals surface area (Å²) in [6, 6.07) is 9.31. The van der Waals surface area contributed by atoms with Crippen LogP contribution in [0.3, 0.4) is 0 Å². The molecule has 4 rings (SSSR count). The molecule has 2 atom stereocenters. The van der Waals surface area contributed by atoms with Gasteiger partial charge in [-0.05, 0) is 36.4 Å². The zero-order valence-corrected chi connectivity index (χ0v) is 25.9. The van der Waals surface area contributed by atoms with Crippen LogP contribution >= 0.6 is 46.7 Å². The maximum Gasteiger partial charge on any atom is 0.277 e. The van der Waals surface area contributed by atoms with Gasteiger partial charge in [-0.1, -0.05) is 23.2 Å². The summed E-state index contributed by atoms with van der Waals surface area (Å²) < 4.78 is 57.3. The minimum absolute atomic E-state index is 0.185. The van der Waals surface area contributed by atoms with Crippen molar-refractivity contribution in [3.05, 3.63) is 46.4 Å². The van der Waals surface area contributed by atoms with Crippen molar-refractivity contribution in [2.24, 2.45) is 0 Å². The average molecular weight is 672 g/mol. The van der Waals surface area contributed by atoms with E-state index in [0.717, 1.165) is 23.0 Å². The largest absolute Gasteiger partial charge is 0.484 e. The standard InChI is InChI=1S/C23H28Cl2N4O7S4/c24-20-13-17(28(39(31)32)26-5-9-37-10-6-26)1-3-22(20)35-15-19(30)16-36-23-4-2-18(14-21(23)25)29(40(33)34)27-7-11-38-12-8-27/h1-4,13-14H,5-12,15-16H2,(H,31,32)(H,33,34). The van der Waals surface area contributed by atoms with Crippen LogP contribution in [0.4, 0.5) is 11.4 Å². The second-order valence-corrected chi connectivity index (χ2v) is 13.4. The summed E-state index contributed by atoms with van der Waals surface area (Å²) in [5, 5.41) is 3.96. The van der Waals surface area contributed by atoms with Gasteiger partial charge >= 0.3 is 0 Å². The maximum atomic E-state index is 12.4. The van der Waals surface area contributed by atoms with Crippen molar-refractivity contribution in [3.63, 3.8) is 0 Å². The molecule has 2 aliphatic rings. The Morgan fingerprint density at radius 1 is 0.775 bits per heavy atom. The third-order valence-electron chi connectivity index (χ3n) is 5.83. The summed E-state index contributed by atoms with van der Waals surface area (Å²) in [6.45, 7) is 1.88. The average Bonchev–Trinajstić information content (AvgIpc) is 2.93. The second kappa shape index (κ2) is 15.3. The lowest BCUT2D eigenvalue weighted by atomic mass is 10.3. The fraction of sp³-hybridized carbons (Fsp3) is 0.435. The summed E-state index contributed by atoms with van der Waals surface area (Å²) in [4.78, 5) is 12.4. The Morgan fingerprint density at radius 2 is 1.15 bits per heavy atom. The molecule has 2 aromatic rings. The molecule has 11 nitrogen and oxygen atoms in total. The number of halogens is 2. The van der Waals surface area contributed by atoms with E-state index < -0.39 is 22.5 Å². The van der Waals surface area contributed by atoms with E-state index in [1.54, 1.807) is 45.7 Å². The number of nitrogens with zero attached hydrogens (tertiary/aromatic N) is 4. The van der Waals surface area contributed by atoms with Crippen molar-refractivity contribution >= 4 is 86.4 Å². The molecule has 2 aliphatic heterocycles. The first kappa shape index (κ1) is 31.7. The van der Waals surface area contributed by atoms with Gasteiger partial charge in [0, 0.05) is 49.2 Å². The summed E-state index contributed by atoms with van der Waals surface area (Å²) in [5.41, 5.74) is 0.862. The van der Waals surface area contributed by atoms with E-state index in [4.69, 9.17) is 32.7 Å². The lowest BCUT2D eigenvalue weighted by molar-refractivity contribution is -0.123. The van der Waals surface area contributed by atoms with Crippen LogP contribution in [0.25, 0.3) is 0 Å². The fourth-order valence-corrected chi connectivity index (χ4v) is 7.52. The van der Waals surface area contributed by atoms with E-state index in [0.29, 0.717) is 37.6 Å². The van der Waals surface area contributed by atoms with Gasteiger partial charge < -0.3 is 9.47 Å². The van der Waals surface area contributed by atoms with Crippen molar-refractivity contribution < 1.29 is 31.8 Å². The molecule has 0 saturated carbocycles. The number of Topliss-reactive ketones (excluding diaryl/α,β-unsaturated/α-hetero) is 1. The Balaban J connectivity index is 1.32. The normalized spacial score (nSPS) is 18.1. The zero-order chi connectivity index (χ0) is 28.6. The van der Waals surface area contributed by atoms with Gasteiger partial charge in [-0.3, -0.25) is 13.9 Å². The van der Waals surface area contributed by atoms with E-state index in [9.17, 15) is 22.3 Å². The highest BCUT2D eigenvalue weighted by atomic mass is 35.5. The highest BCUT2D eigenvalue weighted by molar-refractivity contribution is 7.99. The third-order valence-corrected chi connectivity index (χ3v) is 9.79. The Morgan fingerprint density at radius 3 is 1.48 bits per heavy atom. The Kier molecular flexibility index (Phi) is 12.1. The van der Waals surface area contributed by atoms with Crippen molar-refractivity contribution in [1.29, 1.82) is 0 Å². The van der Waals surface area contributed by atoms with Gasteiger partial charge in [0.25, 0.3) is 22.5 Å². The maximum absolute atomic E-state index is 12.4. The molecule has 2 heterocycles. The Hall–Kier alpha value is -1.27. The summed E-state index contributed by atoms with van der Waals surface area (Å²) in [6.07, 6.45) is 0. The van der Waals surface area contributed by atoms with Gasteiger partial charge in [-0.2, -0.15) is 32.4 Å². The lowest BCUT2D eigenvalue weighted by Crippen LogP contribution is -2.48. The van der Waals surface area contributed by atoms with Crippen LogP contribution in [-0.2, 0) is 27.3 Å². The molecule has 2 fully saturated rings. The minimum Gasteiger partial charge on any atom is -0.484 e. The van der Waals surface area contributed by atoms with Gasteiger partial charge in [0.1, 0.15) is 11.5 Å². The summed E-state index contributed by atoms with van der Waals surface area (Å²) in [7, 11) is 0. The second-order valence-electron chi connectivity index (χ2n) is 8.48. The first-order valence-electron chi connectivity index (χ1n) is 12.1. The van der Waals surface area contributed by atoms with E-state index in [2.05, 4.69) is 0 Å². The molecule has 2 saturated heterocycles. The van der Waals surface area contributed by atoms with E-state index in [1.807, 2.05) is 0 Å². The van der Waals surface area contributed by atoms with Crippen LogP contribution in [-0.4, -0.2) is 95.7 Å². The molecular formula is C23H28Cl2N4O7S4. The van der Waals surface area contributed by atoms with Gasteiger partial charge in [-0.15, -0.1) is 0 Å². The summed E-state index contributed by atoms with van der Waals surface area (Å²) in [5.74, 6) is 3.50. The number of hydrogen-bond donors (Lipinski definition) is 2. The molecule has 2 N–H and O–H groups in total. The molecule has 0 radical (unpaired) electrons. The lowest BCUT2D eigenvalue weighted by Gasteiger charge is -2.35. The van der Waals surface area contributed by atoms with Crippen LogP contribution in [0.5, 0.6) is 11.5 Å². The third kappa shape index (κ3) is 8.40. The highest BCUT2D eigenvalue weighted by Crippen LogP contribution is 2.33. The van der Waals surface area contributed by atoms with Crippen LogP contribution in [0.2, 0.25) is 10.0 Å². The molecule has 0 bridgehead atoms. The van der Waals surface area contributed by atoms with E-state index >= 15 is 0 Å². The van der Waals surface area contributed by atoms with E-state index in [-0.39, 0.29) is 40.5 Å². The topological polar surface area (TPSA) is 123 Å². The van der Waals surface area contributed by atoms with Crippen LogP contribution < -0.4 is 18.3 Å². The van der Waals surface area contributed by atoms with Crippen LogP contribution in [0.1, 0.15) is 0 Å². The highest BCUT2D eigenvalue weighted by Gasteiger charge is 2.25. The molecule has 2 unspecified atom stereocenters. The molecule has 2 aromatic carbocycles. The summed E-state index contributed by atoms with van der Waals surface area (Å²) >= 11 is 11.7. The monoisotopic (exact) mass is 670 g/mol. The number of hydrazine groups is 2. The van der Waals surface area contributed by atoms with Gasteiger partial charge in [0.2, 0.25) is 5.78 Å². The number of anilines is 2. The van der Waals surface area contributed by atoms with Crippen molar-refractivity contribution in [1.82, 2.24) is 10.0 Å². The number of thioether (sulfide) groups is 2. The minimum atomic E-state index is -2.27. The van der Waals surface area contributed by atoms with Crippen molar-refractivity contribution in [2.75, 3.05) is 71.2 Å². The molecule has 0 aromatic heterocycles. The van der Waals surface area contributed by atoms with Crippen LogP contribution in [0, 0.1) is 0 Å². The number of benzene rings is 2. The predicted octanol–water partition coefficient (Wildman–Crippen LogP) is 3.83. The number of carbonyl (C=O) groups is 1. The SMILES string of the molecule is O=C(COc1ccc(N(N2CCSCC2)S(=O)O)cc1Cl)COc1ccc(N(N2CCSCC2)S(=O)O)cc1Cl. The molecular weight excluding hydrogens is 643 g/mol. The van der Waals surface area contributed by atoms with Gasteiger partial charge in [0.05, 0.1) is 21.4 Å². The fourth-order valence-electron chi connectivity index (χ4n) is 3.98. The van der Waals surface area contributed by atoms with E-state index in [1.165, 1.54) is 33.1 Å². The van der Waals surface area contributed by atoms with Crippen molar-refractivity contribution in [2.45, 2.75) is 0 Å². The quantitative estimate of drug-likeness (QED) is 0.320. The number of ketones is 1. The van der Waals surface area contributed by atoms with Crippen LogP contribution in [0.15, 0.2) is 36.4 Å². The number of rotatable bonds is 12. The van der Waals surface area contributed by atoms with Crippen molar-refractivity contribution in [3.8, 4) is 11.5 Å². The molecule has 220 valence electrons. The number of carbonyl (C=O) groups excluding carboxylic acids is 1. The first-order valence-corrected chi connectivity index (χ1v) is 17.3. The van der Waals surface area contributed by atoms with Gasteiger partial charge in [-0.25, -0.2) is 18.4 Å². The molecule has 17 heteroatoms. The zero-order valence-electron chi connectivity index (χ0n) is 21.1. The smallest absolute Gasteiger partial charge is 0.277 e. The molecule has 0 aliphatic carbocycles. The first-order chi connectivity index (χ1) is 19.2. The number of ether oxygens (including phenoxy) is 2.